The van der Waals surface area contributed by atoms with E-state index in [0.717, 1.165) is 22.4 Å². The van der Waals surface area contributed by atoms with Gasteiger partial charge in [-0.05, 0) is 48.6 Å². The largest absolute Gasteiger partial charge is 0.455 e. The molecule has 1 aliphatic rings. The van der Waals surface area contributed by atoms with Crippen LogP contribution in [-0.4, -0.2) is 13.1 Å². The summed E-state index contributed by atoms with van der Waals surface area (Å²) in [7, 11) is -1.37. The molecule has 142 valence electrons. The highest BCUT2D eigenvalue weighted by molar-refractivity contribution is 6.88. The number of benzene rings is 2. The standard InChI is InChI=1S/C25H27NOSi/c1-28(2,3)19-11-12-24-22(16-19)20-9-6-10-21(25(20)27-24)23-15-18(13-14-26-23)17-7-4-5-8-17/h6,9-17H,4-5,7-8H2,1-3H3. The van der Waals surface area contributed by atoms with Crippen molar-refractivity contribution in [3.05, 3.63) is 60.3 Å². The first kappa shape index (κ1) is 17.7. The molecule has 3 heteroatoms. The van der Waals surface area contributed by atoms with Gasteiger partial charge in [0.15, 0.2) is 0 Å². The van der Waals surface area contributed by atoms with E-state index in [1.54, 1.807) is 0 Å². The van der Waals surface area contributed by atoms with Gasteiger partial charge in [-0.2, -0.15) is 0 Å². The topological polar surface area (TPSA) is 26.0 Å². The van der Waals surface area contributed by atoms with Gasteiger partial charge in [-0.3, -0.25) is 4.98 Å². The molecular weight excluding hydrogens is 358 g/mol. The van der Waals surface area contributed by atoms with Crippen LogP contribution in [0.5, 0.6) is 0 Å². The Kier molecular flexibility index (Phi) is 4.16. The second-order valence-electron chi connectivity index (χ2n) is 9.20. The number of aromatic nitrogens is 1. The Hall–Kier alpha value is -2.39. The number of furan rings is 1. The fourth-order valence-electron chi connectivity index (χ4n) is 4.57. The summed E-state index contributed by atoms with van der Waals surface area (Å²) < 4.78 is 6.35. The van der Waals surface area contributed by atoms with Gasteiger partial charge in [-0.15, -0.1) is 0 Å². The van der Waals surface area contributed by atoms with Gasteiger partial charge >= 0.3 is 0 Å². The van der Waals surface area contributed by atoms with Crippen molar-refractivity contribution in [3.8, 4) is 11.3 Å². The Balaban J connectivity index is 1.67. The molecule has 2 aromatic heterocycles. The fraction of sp³-hybridized carbons (Fsp3) is 0.320. The molecule has 1 fully saturated rings. The van der Waals surface area contributed by atoms with Gasteiger partial charge in [-0.1, -0.05) is 61.9 Å². The van der Waals surface area contributed by atoms with Crippen molar-refractivity contribution in [1.29, 1.82) is 0 Å². The smallest absolute Gasteiger partial charge is 0.144 e. The Bertz CT molecular complexity index is 1160. The molecule has 0 amide bonds. The van der Waals surface area contributed by atoms with Crippen molar-refractivity contribution in [2.75, 3.05) is 0 Å². The maximum atomic E-state index is 6.35. The molecular formula is C25H27NOSi. The highest BCUT2D eigenvalue weighted by Gasteiger charge is 2.21. The maximum absolute atomic E-state index is 6.35. The first-order chi connectivity index (χ1) is 13.5. The van der Waals surface area contributed by atoms with E-state index >= 15 is 0 Å². The second kappa shape index (κ2) is 6.59. The molecule has 0 bridgehead atoms. The first-order valence-electron chi connectivity index (χ1n) is 10.4. The summed E-state index contributed by atoms with van der Waals surface area (Å²) in [6.45, 7) is 7.17. The zero-order valence-electron chi connectivity index (χ0n) is 17.0. The highest BCUT2D eigenvalue weighted by Crippen LogP contribution is 2.38. The molecule has 5 rings (SSSR count). The third-order valence-corrected chi connectivity index (χ3v) is 8.29. The zero-order chi connectivity index (χ0) is 19.3. The van der Waals surface area contributed by atoms with Crippen LogP contribution in [0.3, 0.4) is 0 Å². The van der Waals surface area contributed by atoms with Crippen molar-refractivity contribution in [2.45, 2.75) is 51.2 Å². The van der Waals surface area contributed by atoms with Gasteiger partial charge in [0.25, 0.3) is 0 Å². The number of pyridine rings is 1. The molecule has 0 N–H and O–H groups in total. The van der Waals surface area contributed by atoms with Crippen LogP contribution in [0.15, 0.2) is 59.1 Å². The summed E-state index contributed by atoms with van der Waals surface area (Å²) in [6, 6.07) is 17.7. The lowest BCUT2D eigenvalue weighted by atomic mass is 9.96. The predicted molar refractivity (Wildman–Crippen MR) is 121 cm³/mol. The summed E-state index contributed by atoms with van der Waals surface area (Å²) in [4.78, 5) is 4.71. The number of rotatable bonds is 3. The molecule has 0 aliphatic heterocycles. The molecule has 2 nitrogen and oxygen atoms in total. The average molecular weight is 386 g/mol. The van der Waals surface area contributed by atoms with Crippen molar-refractivity contribution in [2.24, 2.45) is 0 Å². The van der Waals surface area contributed by atoms with E-state index in [0.29, 0.717) is 5.92 Å². The highest BCUT2D eigenvalue weighted by atomic mass is 28.3. The zero-order valence-corrected chi connectivity index (χ0v) is 18.0. The SMILES string of the molecule is C[Si](C)(C)c1ccc2oc3c(-c4cc(C5CCCC5)ccn4)cccc3c2c1. The van der Waals surface area contributed by atoms with E-state index in [4.69, 9.17) is 9.40 Å². The van der Waals surface area contributed by atoms with Crippen molar-refractivity contribution >= 4 is 35.2 Å². The molecule has 0 saturated heterocycles. The number of hydrogen-bond acceptors (Lipinski definition) is 2. The summed E-state index contributed by atoms with van der Waals surface area (Å²) >= 11 is 0. The van der Waals surface area contributed by atoms with E-state index in [2.05, 4.69) is 68.2 Å². The molecule has 1 aliphatic carbocycles. The van der Waals surface area contributed by atoms with Crippen LogP contribution >= 0.6 is 0 Å². The van der Waals surface area contributed by atoms with E-state index in [1.165, 1.54) is 47.2 Å². The van der Waals surface area contributed by atoms with Gasteiger partial charge in [0, 0.05) is 22.5 Å². The normalized spacial score (nSPS) is 15.7. The number of para-hydroxylation sites is 1. The van der Waals surface area contributed by atoms with Gasteiger partial charge in [0.1, 0.15) is 11.2 Å². The quantitative estimate of drug-likeness (QED) is 0.360. The van der Waals surface area contributed by atoms with Crippen LogP contribution in [0.25, 0.3) is 33.2 Å². The van der Waals surface area contributed by atoms with Crippen LogP contribution in [0.2, 0.25) is 19.6 Å². The van der Waals surface area contributed by atoms with Crippen LogP contribution in [0.4, 0.5) is 0 Å². The predicted octanol–water partition coefficient (Wildman–Crippen LogP) is 6.85. The number of hydrogen-bond donors (Lipinski definition) is 0. The number of fused-ring (bicyclic) bond motifs is 3. The third-order valence-electron chi connectivity index (χ3n) is 6.25. The molecule has 0 unspecified atom stereocenters. The molecule has 2 heterocycles. The Morgan fingerprint density at radius 3 is 2.54 bits per heavy atom. The summed E-state index contributed by atoms with van der Waals surface area (Å²) in [5, 5.41) is 3.89. The van der Waals surface area contributed by atoms with Crippen LogP contribution < -0.4 is 5.19 Å². The van der Waals surface area contributed by atoms with E-state index in [1.807, 2.05) is 6.20 Å². The Morgan fingerprint density at radius 2 is 1.75 bits per heavy atom. The monoisotopic (exact) mass is 385 g/mol. The Labute approximate surface area is 167 Å². The fourth-order valence-corrected chi connectivity index (χ4v) is 5.73. The molecule has 0 atom stereocenters. The molecule has 0 radical (unpaired) electrons. The summed E-state index contributed by atoms with van der Waals surface area (Å²) in [5.41, 5.74) is 5.48. The molecule has 1 saturated carbocycles. The van der Waals surface area contributed by atoms with Gasteiger partial charge in [-0.25, -0.2) is 0 Å². The summed E-state index contributed by atoms with van der Waals surface area (Å²) in [6.07, 6.45) is 7.27. The minimum absolute atomic E-state index is 0.691. The molecule has 28 heavy (non-hydrogen) atoms. The minimum atomic E-state index is -1.37. The lowest BCUT2D eigenvalue weighted by Gasteiger charge is -2.16. The van der Waals surface area contributed by atoms with E-state index in [9.17, 15) is 0 Å². The second-order valence-corrected chi connectivity index (χ2v) is 14.3. The Morgan fingerprint density at radius 1 is 0.929 bits per heavy atom. The molecule has 4 aromatic rings. The van der Waals surface area contributed by atoms with Gasteiger partial charge in [0.05, 0.1) is 13.8 Å². The van der Waals surface area contributed by atoms with E-state index in [-0.39, 0.29) is 0 Å². The first-order valence-corrected chi connectivity index (χ1v) is 13.9. The lowest BCUT2D eigenvalue weighted by Crippen LogP contribution is -2.37. The molecule has 2 aromatic carbocycles. The van der Waals surface area contributed by atoms with Gasteiger partial charge < -0.3 is 4.42 Å². The van der Waals surface area contributed by atoms with Crippen LogP contribution in [0, 0.1) is 0 Å². The van der Waals surface area contributed by atoms with Crippen LogP contribution in [-0.2, 0) is 0 Å². The average Bonchev–Trinajstić information content (AvgIpc) is 3.34. The lowest BCUT2D eigenvalue weighted by molar-refractivity contribution is 0.670. The maximum Gasteiger partial charge on any atom is 0.144 e. The van der Waals surface area contributed by atoms with Crippen molar-refractivity contribution < 1.29 is 4.42 Å². The minimum Gasteiger partial charge on any atom is -0.455 e. The molecule has 0 spiro atoms. The number of nitrogens with zero attached hydrogens (tertiary/aromatic N) is 1. The van der Waals surface area contributed by atoms with Crippen LogP contribution in [0.1, 0.15) is 37.2 Å². The van der Waals surface area contributed by atoms with Gasteiger partial charge in [0.2, 0.25) is 0 Å². The third kappa shape index (κ3) is 2.98. The van der Waals surface area contributed by atoms with Crippen molar-refractivity contribution in [3.63, 3.8) is 0 Å². The van der Waals surface area contributed by atoms with Crippen molar-refractivity contribution in [1.82, 2.24) is 4.98 Å². The van der Waals surface area contributed by atoms with E-state index < -0.39 is 8.07 Å². The summed E-state index contributed by atoms with van der Waals surface area (Å²) in [5.74, 6) is 0.691.